The van der Waals surface area contributed by atoms with Gasteiger partial charge in [-0.2, -0.15) is 0 Å². The summed E-state index contributed by atoms with van der Waals surface area (Å²) < 4.78 is 5.48. The van der Waals surface area contributed by atoms with Gasteiger partial charge in [0.25, 0.3) is 11.7 Å². The fraction of sp³-hybridized carbons (Fsp3) is 0.308. The Hall–Kier alpha value is -2.80. The molecule has 8 heteroatoms. The Morgan fingerprint density at radius 2 is 1.79 bits per heavy atom. The van der Waals surface area contributed by atoms with Crippen LogP contribution in [0.25, 0.3) is 5.76 Å². The molecule has 2 aromatic carbocycles. The van der Waals surface area contributed by atoms with Crippen LogP contribution in [-0.2, 0) is 9.59 Å². The minimum absolute atomic E-state index is 0.0164. The van der Waals surface area contributed by atoms with Crippen molar-refractivity contribution in [3.8, 4) is 5.75 Å². The van der Waals surface area contributed by atoms with Crippen LogP contribution in [0.15, 0.2) is 60.7 Å². The van der Waals surface area contributed by atoms with Crippen molar-refractivity contribution in [2.24, 2.45) is 0 Å². The molecular formula is C26H28Cl2N2O4. The number of hydrogen-bond donors (Lipinski definition) is 1. The number of hydrogen-bond acceptors (Lipinski definition) is 5. The van der Waals surface area contributed by atoms with Crippen LogP contribution >= 0.6 is 23.2 Å². The van der Waals surface area contributed by atoms with Crippen LogP contribution < -0.4 is 4.74 Å². The molecule has 1 atom stereocenters. The Labute approximate surface area is 210 Å². The largest absolute Gasteiger partial charge is 0.507 e. The second kappa shape index (κ2) is 11.6. The molecule has 2 aromatic rings. The second-order valence-electron chi connectivity index (χ2n) is 7.82. The monoisotopic (exact) mass is 502 g/mol. The first kappa shape index (κ1) is 25.8. The summed E-state index contributed by atoms with van der Waals surface area (Å²) in [6.07, 6.45) is 1.63. The van der Waals surface area contributed by atoms with E-state index in [4.69, 9.17) is 27.9 Å². The van der Waals surface area contributed by atoms with Gasteiger partial charge < -0.3 is 19.6 Å². The third-order valence-electron chi connectivity index (χ3n) is 5.85. The Morgan fingerprint density at radius 3 is 2.38 bits per heavy atom. The summed E-state index contributed by atoms with van der Waals surface area (Å²) in [5.41, 5.74) is 1.01. The van der Waals surface area contributed by atoms with Crippen LogP contribution in [0.5, 0.6) is 5.75 Å². The van der Waals surface area contributed by atoms with Crippen molar-refractivity contribution in [2.75, 3.05) is 32.8 Å². The van der Waals surface area contributed by atoms with E-state index in [-0.39, 0.29) is 11.3 Å². The second-order valence-corrected chi connectivity index (χ2v) is 8.63. The van der Waals surface area contributed by atoms with E-state index in [0.717, 1.165) is 13.1 Å². The first-order valence-corrected chi connectivity index (χ1v) is 11.9. The summed E-state index contributed by atoms with van der Waals surface area (Å²) in [5, 5.41) is 11.8. The summed E-state index contributed by atoms with van der Waals surface area (Å²) in [5.74, 6) is -1.05. The molecular weight excluding hydrogens is 475 g/mol. The molecule has 1 heterocycles. The summed E-state index contributed by atoms with van der Waals surface area (Å²) in [6, 6.07) is 10.8. The number of rotatable bonds is 10. The molecule has 1 fully saturated rings. The average Bonchev–Trinajstić information content (AvgIpc) is 3.10. The number of Topliss-reactive ketones (excluding diaryl/α,β-unsaturated/α-hetero) is 1. The number of halogens is 2. The number of ether oxygens (including phenoxy) is 1. The van der Waals surface area contributed by atoms with Gasteiger partial charge in [0.2, 0.25) is 0 Å². The van der Waals surface area contributed by atoms with Gasteiger partial charge in [-0.1, -0.05) is 55.8 Å². The fourth-order valence-corrected chi connectivity index (χ4v) is 4.25. The molecule has 1 saturated heterocycles. The molecule has 1 N–H and O–H groups in total. The molecule has 0 bridgehead atoms. The van der Waals surface area contributed by atoms with Gasteiger partial charge in [0, 0.05) is 18.7 Å². The van der Waals surface area contributed by atoms with E-state index in [0.29, 0.717) is 46.6 Å². The molecule has 0 aromatic heterocycles. The first-order valence-electron chi connectivity index (χ1n) is 11.1. The van der Waals surface area contributed by atoms with E-state index in [2.05, 4.69) is 11.5 Å². The number of likely N-dealkylation sites (tertiary alicyclic amines) is 1. The normalized spacial score (nSPS) is 17.4. The van der Waals surface area contributed by atoms with Gasteiger partial charge in [-0.05, 0) is 55.1 Å². The van der Waals surface area contributed by atoms with E-state index in [1.165, 1.54) is 4.90 Å². The molecule has 0 saturated carbocycles. The Kier molecular flexibility index (Phi) is 8.78. The Bertz CT molecular complexity index is 1090. The van der Waals surface area contributed by atoms with Crippen molar-refractivity contribution in [3.63, 3.8) is 0 Å². The van der Waals surface area contributed by atoms with E-state index in [1.54, 1.807) is 48.5 Å². The maximum absolute atomic E-state index is 13.1. The quantitative estimate of drug-likeness (QED) is 0.206. The number of nitrogens with zero attached hydrogens (tertiary/aromatic N) is 2. The number of benzene rings is 2. The molecule has 0 aliphatic carbocycles. The van der Waals surface area contributed by atoms with Gasteiger partial charge in [-0.15, -0.1) is 0 Å². The number of ketones is 1. The van der Waals surface area contributed by atoms with Crippen LogP contribution in [0.3, 0.4) is 0 Å². The van der Waals surface area contributed by atoms with Crippen LogP contribution in [-0.4, -0.2) is 59.4 Å². The van der Waals surface area contributed by atoms with E-state index < -0.39 is 17.7 Å². The summed E-state index contributed by atoms with van der Waals surface area (Å²) >= 11 is 12.4. The molecule has 3 rings (SSSR count). The molecule has 1 amide bonds. The number of carbonyl (C=O) groups is 2. The fourth-order valence-electron chi connectivity index (χ4n) is 3.95. The van der Waals surface area contributed by atoms with Gasteiger partial charge in [-0.25, -0.2) is 0 Å². The van der Waals surface area contributed by atoms with E-state index in [1.807, 2.05) is 13.8 Å². The lowest BCUT2D eigenvalue weighted by Crippen LogP contribution is -2.38. The molecule has 34 heavy (non-hydrogen) atoms. The SMILES string of the molecule is C=CCOc1ccc(C(O)=C2C(=O)C(=O)N(CCN(CC)CC)[C@@H]2c2ccc(Cl)c(Cl)c2)cc1. The van der Waals surface area contributed by atoms with Crippen LogP contribution in [0.2, 0.25) is 10.0 Å². The zero-order chi connectivity index (χ0) is 24.8. The smallest absolute Gasteiger partial charge is 0.295 e. The van der Waals surface area contributed by atoms with Crippen molar-refractivity contribution in [1.29, 1.82) is 0 Å². The number of aliphatic hydroxyl groups is 1. The molecule has 0 spiro atoms. The minimum Gasteiger partial charge on any atom is -0.507 e. The molecule has 6 nitrogen and oxygen atoms in total. The lowest BCUT2D eigenvalue weighted by Gasteiger charge is -2.28. The van der Waals surface area contributed by atoms with Crippen LogP contribution in [0.4, 0.5) is 0 Å². The summed E-state index contributed by atoms with van der Waals surface area (Å²) in [6.45, 7) is 10.6. The first-order chi connectivity index (χ1) is 16.3. The van der Waals surface area contributed by atoms with Crippen molar-refractivity contribution >= 4 is 40.7 Å². The third-order valence-corrected chi connectivity index (χ3v) is 6.59. The summed E-state index contributed by atoms with van der Waals surface area (Å²) in [7, 11) is 0. The molecule has 0 unspecified atom stereocenters. The molecule has 180 valence electrons. The maximum atomic E-state index is 13.1. The highest BCUT2D eigenvalue weighted by atomic mass is 35.5. The van der Waals surface area contributed by atoms with Crippen molar-refractivity contribution < 1.29 is 19.4 Å². The highest BCUT2D eigenvalue weighted by molar-refractivity contribution is 6.46. The van der Waals surface area contributed by atoms with E-state index in [9.17, 15) is 14.7 Å². The van der Waals surface area contributed by atoms with Crippen molar-refractivity contribution in [3.05, 3.63) is 81.9 Å². The highest BCUT2D eigenvalue weighted by Crippen LogP contribution is 2.41. The molecule has 1 aliphatic heterocycles. The number of carbonyl (C=O) groups excluding carboxylic acids is 2. The Balaban J connectivity index is 2.06. The number of likely N-dealkylation sites (N-methyl/N-ethyl adjacent to an activating group) is 1. The Morgan fingerprint density at radius 1 is 1.12 bits per heavy atom. The zero-order valence-electron chi connectivity index (χ0n) is 19.3. The lowest BCUT2D eigenvalue weighted by atomic mass is 9.95. The topological polar surface area (TPSA) is 70.1 Å². The summed E-state index contributed by atoms with van der Waals surface area (Å²) in [4.78, 5) is 29.9. The average molecular weight is 503 g/mol. The maximum Gasteiger partial charge on any atom is 0.295 e. The predicted octanol–water partition coefficient (Wildman–Crippen LogP) is 5.32. The highest BCUT2D eigenvalue weighted by Gasteiger charge is 2.46. The van der Waals surface area contributed by atoms with Gasteiger partial charge >= 0.3 is 0 Å². The van der Waals surface area contributed by atoms with Crippen LogP contribution in [0, 0.1) is 0 Å². The van der Waals surface area contributed by atoms with Crippen molar-refractivity contribution in [1.82, 2.24) is 9.80 Å². The van der Waals surface area contributed by atoms with Gasteiger partial charge in [-0.3, -0.25) is 9.59 Å². The third kappa shape index (κ3) is 5.46. The predicted molar refractivity (Wildman–Crippen MR) is 135 cm³/mol. The van der Waals surface area contributed by atoms with Gasteiger partial charge in [0.05, 0.1) is 21.7 Å². The minimum atomic E-state index is -0.790. The van der Waals surface area contributed by atoms with Gasteiger partial charge in [0.1, 0.15) is 18.1 Å². The van der Waals surface area contributed by atoms with E-state index >= 15 is 0 Å². The molecule has 1 aliphatic rings. The lowest BCUT2D eigenvalue weighted by molar-refractivity contribution is -0.140. The van der Waals surface area contributed by atoms with Gasteiger partial charge in [0.15, 0.2) is 0 Å². The standard InChI is InChI=1S/C26H28Cl2N2O4/c1-4-15-34-19-10-7-17(8-11-19)24(31)22-23(18-9-12-20(27)21(28)16-18)30(26(33)25(22)32)14-13-29(5-2)6-3/h4,7-12,16,23,31H,1,5-6,13-15H2,2-3H3/t23-/m1/s1. The zero-order valence-corrected chi connectivity index (χ0v) is 20.8. The number of amides is 1. The van der Waals surface area contributed by atoms with Crippen LogP contribution in [0.1, 0.15) is 31.0 Å². The molecule has 0 radical (unpaired) electrons. The number of aliphatic hydroxyl groups excluding tert-OH is 1. The van der Waals surface area contributed by atoms with Crippen molar-refractivity contribution in [2.45, 2.75) is 19.9 Å².